The van der Waals surface area contributed by atoms with Crippen LogP contribution in [0.4, 0.5) is 13.2 Å². The van der Waals surface area contributed by atoms with Crippen molar-refractivity contribution in [3.05, 3.63) is 18.0 Å². The van der Waals surface area contributed by atoms with Crippen LogP contribution in [0.3, 0.4) is 0 Å². The number of ether oxygens (including phenoxy) is 1. The Morgan fingerprint density at radius 1 is 1.39 bits per heavy atom. The van der Waals surface area contributed by atoms with Gasteiger partial charge in [-0.2, -0.15) is 18.3 Å². The molecular formula is C11H15F3N2O2. The minimum Gasteiger partial charge on any atom is -0.449 e. The predicted molar refractivity (Wildman–Crippen MR) is 58.2 cm³/mol. The van der Waals surface area contributed by atoms with Crippen molar-refractivity contribution in [1.82, 2.24) is 9.78 Å². The fraction of sp³-hybridized carbons (Fsp3) is 0.636. The third-order valence-corrected chi connectivity index (χ3v) is 2.25. The van der Waals surface area contributed by atoms with Gasteiger partial charge >= 0.3 is 12.1 Å². The van der Waals surface area contributed by atoms with Crippen molar-refractivity contribution in [3.8, 4) is 0 Å². The van der Waals surface area contributed by atoms with Crippen LogP contribution in [0.15, 0.2) is 12.4 Å². The summed E-state index contributed by atoms with van der Waals surface area (Å²) in [6, 6.07) is 0. The van der Waals surface area contributed by atoms with Gasteiger partial charge in [-0.05, 0) is 27.7 Å². The highest BCUT2D eigenvalue weighted by molar-refractivity contribution is 5.88. The molecule has 0 bridgehead atoms. The first-order valence-corrected chi connectivity index (χ1v) is 5.34. The van der Waals surface area contributed by atoms with Crippen LogP contribution in [0.25, 0.3) is 0 Å². The average molecular weight is 264 g/mol. The van der Waals surface area contributed by atoms with Gasteiger partial charge in [-0.1, -0.05) is 0 Å². The molecule has 0 amide bonds. The van der Waals surface area contributed by atoms with Crippen LogP contribution in [0, 0.1) is 0 Å². The van der Waals surface area contributed by atoms with E-state index in [1.54, 1.807) is 0 Å². The quantitative estimate of drug-likeness (QED) is 0.771. The second kappa shape index (κ2) is 4.62. The molecule has 4 nitrogen and oxygen atoms in total. The summed E-state index contributed by atoms with van der Waals surface area (Å²) in [6.45, 7) is 6.35. The molecule has 0 aliphatic heterocycles. The summed E-state index contributed by atoms with van der Waals surface area (Å²) in [5.41, 5.74) is -0.352. The third-order valence-electron chi connectivity index (χ3n) is 2.25. The van der Waals surface area contributed by atoms with E-state index in [1.807, 2.05) is 20.8 Å². The highest BCUT2D eigenvalue weighted by Crippen LogP contribution is 2.23. The summed E-state index contributed by atoms with van der Waals surface area (Å²) in [7, 11) is 0. The number of nitrogens with zero attached hydrogens (tertiary/aromatic N) is 2. The van der Waals surface area contributed by atoms with Crippen LogP contribution >= 0.6 is 0 Å². The molecular weight excluding hydrogens is 249 g/mol. The van der Waals surface area contributed by atoms with Crippen LogP contribution in [-0.4, -0.2) is 28.0 Å². The summed E-state index contributed by atoms with van der Waals surface area (Å²) in [4.78, 5) is 11.5. The molecule has 1 aromatic heterocycles. The number of hydrogen-bond acceptors (Lipinski definition) is 3. The maximum Gasteiger partial charge on any atom is 0.425 e. The molecule has 7 heteroatoms. The third kappa shape index (κ3) is 3.48. The van der Waals surface area contributed by atoms with E-state index in [0.717, 1.165) is 6.92 Å². The summed E-state index contributed by atoms with van der Waals surface area (Å²) >= 11 is 0. The van der Waals surface area contributed by atoms with E-state index in [4.69, 9.17) is 0 Å². The van der Waals surface area contributed by atoms with Gasteiger partial charge in [0.05, 0.1) is 17.3 Å². The van der Waals surface area contributed by atoms with E-state index in [-0.39, 0.29) is 11.1 Å². The number of halogens is 3. The van der Waals surface area contributed by atoms with Gasteiger partial charge in [0, 0.05) is 6.20 Å². The summed E-state index contributed by atoms with van der Waals surface area (Å²) in [5, 5.41) is 3.91. The van der Waals surface area contributed by atoms with Gasteiger partial charge in [0.25, 0.3) is 0 Å². The first kappa shape index (κ1) is 14.5. The van der Waals surface area contributed by atoms with Crippen molar-refractivity contribution in [1.29, 1.82) is 0 Å². The number of carbonyl (C=O) groups excluding carboxylic acids is 1. The number of carbonyl (C=O) groups is 1. The van der Waals surface area contributed by atoms with Crippen molar-refractivity contribution in [3.63, 3.8) is 0 Å². The standard InChI is InChI=1S/C11H15F3N2O2/c1-7(11(12,13)14)18-9(17)8-5-15-16(6-8)10(2,3)4/h5-7H,1-4H3/t7-/m0/s1. The normalized spacial score (nSPS) is 14.4. The molecule has 0 aliphatic carbocycles. The van der Waals surface area contributed by atoms with Crippen molar-refractivity contribution in [2.75, 3.05) is 0 Å². The number of esters is 1. The molecule has 0 fully saturated rings. The average Bonchev–Trinajstić information content (AvgIpc) is 2.63. The lowest BCUT2D eigenvalue weighted by Crippen LogP contribution is -2.30. The van der Waals surface area contributed by atoms with Gasteiger partial charge in [0.2, 0.25) is 0 Å². The van der Waals surface area contributed by atoms with Crippen molar-refractivity contribution >= 4 is 5.97 Å². The molecule has 1 heterocycles. The van der Waals surface area contributed by atoms with Crippen molar-refractivity contribution < 1.29 is 22.7 Å². The SMILES string of the molecule is C[C@H](OC(=O)c1cnn(C(C)(C)C)c1)C(F)(F)F. The van der Waals surface area contributed by atoms with Gasteiger partial charge < -0.3 is 4.74 Å². The molecule has 18 heavy (non-hydrogen) atoms. The van der Waals surface area contributed by atoms with E-state index in [1.165, 1.54) is 17.1 Å². The van der Waals surface area contributed by atoms with Crippen LogP contribution in [0.5, 0.6) is 0 Å². The molecule has 0 saturated heterocycles. The lowest BCUT2D eigenvalue weighted by molar-refractivity contribution is -0.198. The smallest absolute Gasteiger partial charge is 0.425 e. The Hall–Kier alpha value is -1.53. The molecule has 0 unspecified atom stereocenters. The molecule has 1 rings (SSSR count). The number of aromatic nitrogens is 2. The van der Waals surface area contributed by atoms with Gasteiger partial charge in [0.1, 0.15) is 0 Å². The molecule has 0 aliphatic rings. The van der Waals surface area contributed by atoms with E-state index >= 15 is 0 Å². The Kier molecular flexibility index (Phi) is 3.73. The Morgan fingerprint density at radius 3 is 2.33 bits per heavy atom. The fourth-order valence-corrected chi connectivity index (χ4v) is 1.09. The summed E-state index contributed by atoms with van der Waals surface area (Å²) in [5.74, 6) is -1.03. The number of alkyl halides is 3. The molecule has 1 aromatic rings. The zero-order valence-corrected chi connectivity index (χ0v) is 10.6. The molecule has 0 aromatic carbocycles. The topological polar surface area (TPSA) is 44.1 Å². The monoisotopic (exact) mass is 264 g/mol. The minimum atomic E-state index is -4.56. The molecule has 0 spiro atoms. The molecule has 0 radical (unpaired) electrons. The van der Waals surface area contributed by atoms with Crippen molar-refractivity contribution in [2.45, 2.75) is 45.5 Å². The van der Waals surface area contributed by atoms with E-state index in [9.17, 15) is 18.0 Å². The van der Waals surface area contributed by atoms with Gasteiger partial charge in [-0.15, -0.1) is 0 Å². The first-order valence-electron chi connectivity index (χ1n) is 5.34. The number of rotatable bonds is 2. The molecule has 102 valence electrons. The maximum absolute atomic E-state index is 12.2. The minimum absolute atomic E-state index is 0.000949. The van der Waals surface area contributed by atoms with Crippen molar-refractivity contribution in [2.24, 2.45) is 0 Å². The lowest BCUT2D eigenvalue weighted by Gasteiger charge is -2.18. The maximum atomic E-state index is 12.2. The first-order chi connectivity index (χ1) is 8.01. The highest BCUT2D eigenvalue weighted by atomic mass is 19.4. The van der Waals surface area contributed by atoms with Gasteiger partial charge in [0.15, 0.2) is 6.10 Å². The zero-order chi connectivity index (χ0) is 14.1. The molecule has 1 atom stereocenters. The van der Waals surface area contributed by atoms with E-state index < -0.39 is 18.2 Å². The van der Waals surface area contributed by atoms with E-state index in [2.05, 4.69) is 9.84 Å². The Morgan fingerprint density at radius 2 is 1.94 bits per heavy atom. The summed E-state index contributed by atoms with van der Waals surface area (Å²) in [6.07, 6.45) is -4.14. The molecule has 0 N–H and O–H groups in total. The predicted octanol–water partition coefficient (Wildman–Crippen LogP) is 2.75. The number of hydrogen-bond donors (Lipinski definition) is 0. The summed E-state index contributed by atoms with van der Waals surface area (Å²) < 4.78 is 42.5. The van der Waals surface area contributed by atoms with Crippen LogP contribution in [0.2, 0.25) is 0 Å². The van der Waals surface area contributed by atoms with E-state index in [0.29, 0.717) is 0 Å². The van der Waals surface area contributed by atoms with Crippen LogP contribution in [-0.2, 0) is 10.3 Å². The Balaban J connectivity index is 2.77. The second-order valence-electron chi connectivity index (χ2n) is 4.93. The van der Waals surface area contributed by atoms with Crippen LogP contribution < -0.4 is 0 Å². The van der Waals surface area contributed by atoms with Gasteiger partial charge in [-0.3, -0.25) is 4.68 Å². The lowest BCUT2D eigenvalue weighted by atomic mass is 10.1. The van der Waals surface area contributed by atoms with Gasteiger partial charge in [-0.25, -0.2) is 4.79 Å². The zero-order valence-electron chi connectivity index (χ0n) is 10.6. The molecule has 0 saturated carbocycles. The fourth-order valence-electron chi connectivity index (χ4n) is 1.09. The Bertz CT molecular complexity index is 432. The second-order valence-corrected chi connectivity index (χ2v) is 4.93. The van der Waals surface area contributed by atoms with Crippen LogP contribution in [0.1, 0.15) is 38.1 Å². The highest BCUT2D eigenvalue weighted by Gasteiger charge is 2.39. The Labute approximate surface area is 103 Å². The largest absolute Gasteiger partial charge is 0.449 e.